The van der Waals surface area contributed by atoms with Gasteiger partial charge in [-0.2, -0.15) is 13.2 Å². The second-order valence-corrected chi connectivity index (χ2v) is 12.3. The lowest BCUT2D eigenvalue weighted by Gasteiger charge is -2.50. The molecule has 44 heavy (non-hydrogen) atoms. The Balaban J connectivity index is 1.50. The maximum atomic E-state index is 14.3. The van der Waals surface area contributed by atoms with Gasteiger partial charge in [0.25, 0.3) is 0 Å². The number of amides is 2. The van der Waals surface area contributed by atoms with Gasteiger partial charge >= 0.3 is 12.1 Å². The zero-order valence-corrected chi connectivity index (χ0v) is 26.4. The van der Waals surface area contributed by atoms with Crippen molar-refractivity contribution in [2.75, 3.05) is 19.6 Å². The number of rotatable bonds is 10. The number of hydrogen-bond acceptors (Lipinski definition) is 8. The molecule has 0 saturated carbocycles. The van der Waals surface area contributed by atoms with Crippen molar-refractivity contribution in [2.45, 2.75) is 42.0 Å². The minimum atomic E-state index is -4.65. The number of quaternary nitrogens is 1. The predicted molar refractivity (Wildman–Crippen MR) is 165 cm³/mol. The lowest BCUT2D eigenvalue weighted by molar-refractivity contribution is -0.926. The third kappa shape index (κ3) is 8.50. The van der Waals surface area contributed by atoms with Crippen LogP contribution in [0.1, 0.15) is 36.7 Å². The van der Waals surface area contributed by atoms with Gasteiger partial charge < -0.3 is 15.3 Å². The number of aromatic nitrogens is 3. The molecule has 3 aromatic rings. The number of nitrogens with zero attached hydrogens (tertiary/aromatic N) is 5. The van der Waals surface area contributed by atoms with Crippen molar-refractivity contribution in [3.8, 4) is 5.88 Å². The molecule has 0 bridgehead atoms. The van der Waals surface area contributed by atoms with Crippen molar-refractivity contribution in [1.29, 1.82) is 0 Å². The summed E-state index contributed by atoms with van der Waals surface area (Å²) in [6.07, 6.45) is 0.455. The molecule has 1 aliphatic rings. The Morgan fingerprint density at radius 1 is 1.16 bits per heavy atom. The van der Waals surface area contributed by atoms with Crippen LogP contribution in [-0.2, 0) is 22.2 Å². The highest BCUT2D eigenvalue weighted by atomic mass is 127. The molecule has 1 aromatic carbocycles. The highest BCUT2D eigenvalue weighted by molar-refractivity contribution is 14.1. The number of hydroxylamine groups is 2. The number of ether oxygens (including phenoxy) is 1. The molecule has 1 N–H and O–H groups in total. The van der Waals surface area contributed by atoms with E-state index in [4.69, 9.17) is 16.3 Å². The summed E-state index contributed by atoms with van der Waals surface area (Å²) in [5, 5.41) is 19.0. The Morgan fingerprint density at radius 3 is 2.48 bits per heavy atom. The zero-order valence-electron chi connectivity index (χ0n) is 23.5. The number of hydrogen-bond donors (Lipinski definition) is 1. The van der Waals surface area contributed by atoms with E-state index in [1.807, 2.05) is 0 Å². The molecule has 1 fully saturated rings. The molecule has 1 aliphatic heterocycles. The molecule has 234 valence electrons. The van der Waals surface area contributed by atoms with E-state index in [2.05, 4.69) is 20.3 Å². The molecule has 2 amide bonds. The summed E-state index contributed by atoms with van der Waals surface area (Å²) in [5.41, 5.74) is 0.0852. The molecule has 3 heterocycles. The standard InChI is InChI=1S/C29H29ClF3IN6O4/c1-2-40(43,39-15-12-23(13-16-39)44-26-17-24(29(31,32)33)36-19-37-26)27(42)28(34,18-22-5-3-4-14-35-22)38-25(41)11-8-20-6-9-21(30)10-7-20/h3-11,14,17,19,23H,2,12-13,15-16,18H2,1H3,(H,38,41). The van der Waals surface area contributed by atoms with Crippen molar-refractivity contribution in [3.05, 3.63) is 94.3 Å². The SMILES string of the molecule is CC[N+]([O-])(C(=O)C(I)(Cc1ccccn1)NC(=O)C=Cc1ccc(Cl)cc1)N1CCC(Oc2cc(C(F)(F)F)ncn2)CC1. The van der Waals surface area contributed by atoms with Crippen LogP contribution in [0.2, 0.25) is 5.02 Å². The quantitative estimate of drug-likeness (QED) is 0.0736. The Morgan fingerprint density at radius 2 is 1.86 bits per heavy atom. The van der Waals surface area contributed by atoms with E-state index < -0.39 is 38.1 Å². The molecule has 2 aromatic heterocycles. The summed E-state index contributed by atoms with van der Waals surface area (Å²) in [4.78, 5) is 38.5. The summed E-state index contributed by atoms with van der Waals surface area (Å²) in [6, 6.07) is 12.7. The van der Waals surface area contributed by atoms with Crippen LogP contribution >= 0.6 is 34.2 Å². The zero-order chi connectivity index (χ0) is 32.0. The van der Waals surface area contributed by atoms with Crippen molar-refractivity contribution in [3.63, 3.8) is 0 Å². The maximum Gasteiger partial charge on any atom is 0.433 e. The average Bonchev–Trinajstić information content (AvgIpc) is 3.00. The van der Waals surface area contributed by atoms with Crippen LogP contribution < -0.4 is 10.1 Å². The summed E-state index contributed by atoms with van der Waals surface area (Å²) in [6.45, 7) is 1.65. The van der Waals surface area contributed by atoms with E-state index in [1.165, 1.54) is 11.1 Å². The Hall–Kier alpha value is -3.18. The summed E-state index contributed by atoms with van der Waals surface area (Å²) in [5.74, 6) is -1.61. The molecule has 0 spiro atoms. The number of carbonyl (C=O) groups is 2. The van der Waals surface area contributed by atoms with Crippen LogP contribution in [-0.4, -0.2) is 65.8 Å². The first-order valence-corrected chi connectivity index (χ1v) is 15.1. The van der Waals surface area contributed by atoms with E-state index in [1.54, 1.807) is 84.3 Å². The maximum absolute atomic E-state index is 14.3. The highest BCUT2D eigenvalue weighted by Gasteiger charge is 2.50. The molecule has 10 nitrogen and oxygen atoms in total. The van der Waals surface area contributed by atoms with E-state index in [0.717, 1.165) is 12.4 Å². The Labute approximate surface area is 270 Å². The number of piperidine rings is 1. The fourth-order valence-corrected chi connectivity index (χ4v) is 5.83. The second kappa shape index (κ2) is 14.3. The van der Waals surface area contributed by atoms with Crippen LogP contribution in [0.5, 0.6) is 5.88 Å². The number of likely N-dealkylation sites (N-methyl/N-ethyl adjacent to an activating group) is 1. The van der Waals surface area contributed by atoms with Crippen LogP contribution in [0.25, 0.3) is 6.08 Å². The number of halogens is 5. The lowest BCUT2D eigenvalue weighted by Crippen LogP contribution is -2.69. The molecule has 1 saturated heterocycles. The molecule has 0 aliphatic carbocycles. The van der Waals surface area contributed by atoms with Crippen molar-refractivity contribution >= 4 is 52.1 Å². The Bertz CT molecular complexity index is 1480. The van der Waals surface area contributed by atoms with Crippen LogP contribution in [0.4, 0.5) is 13.2 Å². The number of benzene rings is 1. The van der Waals surface area contributed by atoms with Gasteiger partial charge in [0, 0.05) is 48.3 Å². The van der Waals surface area contributed by atoms with Gasteiger partial charge in [0.1, 0.15) is 19.0 Å². The normalized spacial score (nSPS) is 17.5. The van der Waals surface area contributed by atoms with Gasteiger partial charge in [-0.25, -0.2) is 19.5 Å². The van der Waals surface area contributed by atoms with Gasteiger partial charge in [-0.3, -0.25) is 9.78 Å². The van der Waals surface area contributed by atoms with Crippen molar-refractivity contribution in [1.82, 2.24) is 25.3 Å². The minimum Gasteiger partial charge on any atom is -0.604 e. The lowest BCUT2D eigenvalue weighted by atomic mass is 10.1. The number of pyridine rings is 1. The molecular weight excluding hydrogens is 716 g/mol. The third-order valence-corrected chi connectivity index (χ3v) is 8.31. The fourth-order valence-electron chi connectivity index (χ4n) is 4.67. The topological polar surface area (TPSA) is 120 Å². The van der Waals surface area contributed by atoms with E-state index in [-0.39, 0.29) is 44.8 Å². The van der Waals surface area contributed by atoms with E-state index in [9.17, 15) is 28.0 Å². The number of alkyl halides is 4. The highest BCUT2D eigenvalue weighted by Crippen LogP contribution is 2.32. The van der Waals surface area contributed by atoms with Crippen LogP contribution in [0, 0.1) is 5.21 Å². The second-order valence-electron chi connectivity index (χ2n) is 10.0. The van der Waals surface area contributed by atoms with Gasteiger partial charge in [0.2, 0.25) is 15.3 Å². The average molecular weight is 745 g/mol. The fraction of sp³-hybridized carbons (Fsp3) is 0.345. The smallest absolute Gasteiger partial charge is 0.433 e. The molecule has 4 rings (SSSR count). The predicted octanol–water partition coefficient (Wildman–Crippen LogP) is 5.37. The summed E-state index contributed by atoms with van der Waals surface area (Å²) < 4.78 is 41.7. The van der Waals surface area contributed by atoms with Gasteiger partial charge in [-0.15, -0.1) is 5.01 Å². The number of carbonyl (C=O) groups excluding carboxylic acids is 2. The van der Waals surface area contributed by atoms with Crippen molar-refractivity contribution in [2.24, 2.45) is 0 Å². The molecule has 15 heteroatoms. The Kier molecular flexibility index (Phi) is 10.9. The molecule has 2 atom stereocenters. The third-order valence-electron chi connectivity index (χ3n) is 6.95. The van der Waals surface area contributed by atoms with Gasteiger partial charge in [0.05, 0.1) is 13.1 Å². The van der Waals surface area contributed by atoms with Crippen LogP contribution in [0.3, 0.4) is 0 Å². The molecule has 0 radical (unpaired) electrons. The first kappa shape index (κ1) is 33.7. The van der Waals surface area contributed by atoms with Crippen LogP contribution in [0.15, 0.2) is 67.1 Å². The summed E-state index contributed by atoms with van der Waals surface area (Å²) >= 11 is 7.73. The van der Waals surface area contributed by atoms with Gasteiger partial charge in [-0.1, -0.05) is 29.8 Å². The van der Waals surface area contributed by atoms with E-state index in [0.29, 0.717) is 16.3 Å². The van der Waals surface area contributed by atoms with Gasteiger partial charge in [-0.05, 0) is 65.4 Å². The first-order valence-electron chi connectivity index (χ1n) is 13.6. The molecule has 2 unspecified atom stereocenters. The first-order chi connectivity index (χ1) is 20.8. The molecular formula is C29H29ClF3IN6O4. The largest absolute Gasteiger partial charge is 0.604 e. The van der Waals surface area contributed by atoms with Gasteiger partial charge in [0.15, 0.2) is 5.69 Å². The summed E-state index contributed by atoms with van der Waals surface area (Å²) in [7, 11) is 0. The minimum absolute atomic E-state index is 0.0508. The number of nitrogens with one attached hydrogen (secondary N) is 1. The monoisotopic (exact) mass is 744 g/mol. The van der Waals surface area contributed by atoms with E-state index >= 15 is 0 Å². The van der Waals surface area contributed by atoms with Crippen molar-refractivity contribution < 1.29 is 32.3 Å².